The van der Waals surface area contributed by atoms with Crippen LogP contribution in [0.1, 0.15) is 13.3 Å². The zero-order valence-electron chi connectivity index (χ0n) is 12.5. The third-order valence-electron chi connectivity index (χ3n) is 3.75. The molecule has 1 aromatic heterocycles. The van der Waals surface area contributed by atoms with Crippen molar-refractivity contribution in [3.63, 3.8) is 0 Å². The van der Waals surface area contributed by atoms with E-state index in [0.29, 0.717) is 26.1 Å². The van der Waals surface area contributed by atoms with Crippen LogP contribution >= 0.6 is 0 Å². The third-order valence-corrected chi connectivity index (χ3v) is 5.58. The summed E-state index contributed by atoms with van der Waals surface area (Å²) in [5.41, 5.74) is 5.39. The van der Waals surface area contributed by atoms with Crippen LogP contribution in [-0.4, -0.2) is 50.1 Å². The first kappa shape index (κ1) is 18.0. The van der Waals surface area contributed by atoms with E-state index < -0.39 is 22.8 Å². The molecule has 1 aliphatic heterocycles. The lowest BCUT2D eigenvalue weighted by Gasteiger charge is -2.22. The summed E-state index contributed by atoms with van der Waals surface area (Å²) >= 11 is 0. The highest BCUT2D eigenvalue weighted by molar-refractivity contribution is 7.89. The van der Waals surface area contributed by atoms with Crippen molar-refractivity contribution in [3.8, 4) is 5.88 Å². The lowest BCUT2D eigenvalue weighted by molar-refractivity contribution is -0.154. The fourth-order valence-electron chi connectivity index (χ4n) is 2.26. The molecule has 6 nitrogen and oxygen atoms in total. The number of alkyl halides is 3. The highest BCUT2D eigenvalue weighted by Crippen LogP contribution is 2.32. The van der Waals surface area contributed by atoms with E-state index in [1.165, 1.54) is 10.4 Å². The summed E-state index contributed by atoms with van der Waals surface area (Å²) < 4.78 is 66.9. The molecule has 2 heterocycles. The van der Waals surface area contributed by atoms with Crippen molar-refractivity contribution >= 4 is 10.0 Å². The number of nitrogens with zero attached hydrogens (tertiary/aromatic N) is 2. The number of nitrogens with two attached hydrogens (primary N) is 1. The molecule has 0 bridgehead atoms. The van der Waals surface area contributed by atoms with Crippen molar-refractivity contribution in [1.82, 2.24) is 9.29 Å². The summed E-state index contributed by atoms with van der Waals surface area (Å²) in [5.74, 6) is -0.283. The van der Waals surface area contributed by atoms with Crippen LogP contribution in [0.5, 0.6) is 5.88 Å². The largest absolute Gasteiger partial charge is 0.468 e. The number of hydrogen-bond acceptors (Lipinski definition) is 5. The molecule has 1 atom stereocenters. The Balaban J connectivity index is 2.09. The summed E-state index contributed by atoms with van der Waals surface area (Å²) in [6, 6.07) is 2.29. The minimum atomic E-state index is -4.48. The molecule has 1 unspecified atom stereocenters. The predicted octanol–water partition coefficient (Wildman–Crippen LogP) is 1.38. The summed E-state index contributed by atoms with van der Waals surface area (Å²) in [7, 11) is -3.74. The number of halogens is 3. The van der Waals surface area contributed by atoms with E-state index in [2.05, 4.69) is 9.72 Å². The standard InChI is InChI=1S/C13H18F3N3O3S/c1-12(7-17)4-5-19(8-12)23(20,21)10-2-3-11(18-6-10)22-9-13(14,15)16/h2-3,6H,4-5,7-9,17H2,1H3. The molecule has 1 aromatic rings. The first-order valence-corrected chi connectivity index (χ1v) is 8.36. The van der Waals surface area contributed by atoms with Crippen LogP contribution in [0.25, 0.3) is 0 Å². The van der Waals surface area contributed by atoms with E-state index >= 15 is 0 Å². The van der Waals surface area contributed by atoms with Crippen LogP contribution < -0.4 is 10.5 Å². The SMILES string of the molecule is CC1(CN)CCN(S(=O)(=O)c2ccc(OCC(F)(F)F)nc2)C1. The number of pyridine rings is 1. The zero-order valence-corrected chi connectivity index (χ0v) is 13.3. The van der Waals surface area contributed by atoms with Gasteiger partial charge in [0.1, 0.15) is 4.90 Å². The summed E-state index contributed by atoms with van der Waals surface area (Å²) in [6.07, 6.45) is -2.82. The molecule has 0 amide bonds. The number of ether oxygens (including phenoxy) is 1. The van der Waals surface area contributed by atoms with Crippen molar-refractivity contribution in [1.29, 1.82) is 0 Å². The zero-order chi connectivity index (χ0) is 17.3. The molecule has 23 heavy (non-hydrogen) atoms. The second-order valence-electron chi connectivity index (χ2n) is 5.84. The molecule has 0 saturated carbocycles. The minimum absolute atomic E-state index is 0.0851. The van der Waals surface area contributed by atoms with Gasteiger partial charge < -0.3 is 10.5 Å². The second kappa shape index (κ2) is 6.25. The molecule has 1 fully saturated rings. The topological polar surface area (TPSA) is 85.5 Å². The highest BCUT2D eigenvalue weighted by Gasteiger charge is 2.39. The van der Waals surface area contributed by atoms with E-state index in [0.717, 1.165) is 12.3 Å². The molecular weight excluding hydrogens is 335 g/mol. The van der Waals surface area contributed by atoms with E-state index in [4.69, 9.17) is 5.73 Å². The monoisotopic (exact) mass is 353 g/mol. The first-order valence-electron chi connectivity index (χ1n) is 6.92. The van der Waals surface area contributed by atoms with E-state index in [-0.39, 0.29) is 16.2 Å². The van der Waals surface area contributed by atoms with Crippen molar-refractivity contribution in [2.75, 3.05) is 26.2 Å². The van der Waals surface area contributed by atoms with Gasteiger partial charge in [0, 0.05) is 19.2 Å². The van der Waals surface area contributed by atoms with Crippen LogP contribution in [0.4, 0.5) is 13.2 Å². The van der Waals surface area contributed by atoms with Gasteiger partial charge >= 0.3 is 6.18 Å². The Morgan fingerprint density at radius 1 is 1.43 bits per heavy atom. The Morgan fingerprint density at radius 3 is 2.61 bits per heavy atom. The lowest BCUT2D eigenvalue weighted by Crippen LogP contribution is -2.34. The van der Waals surface area contributed by atoms with Gasteiger partial charge in [-0.3, -0.25) is 0 Å². The van der Waals surface area contributed by atoms with Crippen LogP contribution in [0, 0.1) is 5.41 Å². The van der Waals surface area contributed by atoms with Gasteiger partial charge in [-0.1, -0.05) is 6.92 Å². The summed E-state index contributed by atoms with van der Waals surface area (Å²) in [5, 5.41) is 0. The van der Waals surface area contributed by atoms with Crippen molar-refractivity contribution < 1.29 is 26.3 Å². The van der Waals surface area contributed by atoms with Gasteiger partial charge in [0.2, 0.25) is 15.9 Å². The summed E-state index contributed by atoms with van der Waals surface area (Å²) in [4.78, 5) is 3.54. The lowest BCUT2D eigenvalue weighted by atomic mass is 9.90. The molecular formula is C13H18F3N3O3S. The van der Waals surface area contributed by atoms with Crippen LogP contribution in [-0.2, 0) is 10.0 Å². The van der Waals surface area contributed by atoms with Crippen LogP contribution in [0.2, 0.25) is 0 Å². The van der Waals surface area contributed by atoms with E-state index in [1.807, 2.05) is 6.92 Å². The maximum absolute atomic E-state index is 12.5. The minimum Gasteiger partial charge on any atom is -0.468 e. The molecule has 0 aromatic carbocycles. The van der Waals surface area contributed by atoms with E-state index in [1.54, 1.807) is 0 Å². The maximum Gasteiger partial charge on any atom is 0.422 e. The fourth-order valence-corrected chi connectivity index (χ4v) is 3.80. The van der Waals surface area contributed by atoms with Crippen molar-refractivity contribution in [2.45, 2.75) is 24.4 Å². The molecule has 0 spiro atoms. The normalized spacial score (nSPS) is 23.2. The van der Waals surface area contributed by atoms with Crippen LogP contribution in [0.15, 0.2) is 23.2 Å². The Hall–Kier alpha value is -1.39. The van der Waals surface area contributed by atoms with Gasteiger partial charge in [0.15, 0.2) is 6.61 Å². The smallest absolute Gasteiger partial charge is 0.422 e. The Bertz CT molecular complexity index is 649. The average Bonchev–Trinajstić information content (AvgIpc) is 2.89. The maximum atomic E-state index is 12.5. The second-order valence-corrected chi connectivity index (χ2v) is 7.78. The predicted molar refractivity (Wildman–Crippen MR) is 76.3 cm³/mol. The van der Waals surface area contributed by atoms with Gasteiger partial charge in [0.25, 0.3) is 0 Å². The molecule has 130 valence electrons. The Kier molecular flexibility index (Phi) is 4.88. The first-order chi connectivity index (χ1) is 10.6. The fraction of sp³-hybridized carbons (Fsp3) is 0.615. The quantitative estimate of drug-likeness (QED) is 0.864. The average molecular weight is 353 g/mol. The molecule has 1 saturated heterocycles. The summed E-state index contributed by atoms with van der Waals surface area (Å²) in [6.45, 7) is 1.46. The highest BCUT2D eigenvalue weighted by atomic mass is 32.2. The number of hydrogen-bond donors (Lipinski definition) is 1. The molecule has 2 N–H and O–H groups in total. The van der Waals surface area contributed by atoms with Gasteiger partial charge in [-0.2, -0.15) is 17.5 Å². The Morgan fingerprint density at radius 2 is 2.13 bits per heavy atom. The third kappa shape index (κ3) is 4.33. The van der Waals surface area contributed by atoms with Crippen LogP contribution in [0.3, 0.4) is 0 Å². The molecule has 2 rings (SSSR count). The number of aromatic nitrogens is 1. The van der Waals surface area contributed by atoms with Crippen molar-refractivity contribution in [2.24, 2.45) is 11.1 Å². The number of rotatable bonds is 5. The van der Waals surface area contributed by atoms with Gasteiger partial charge in [0.05, 0.1) is 6.20 Å². The Labute approximate surface area is 132 Å². The van der Waals surface area contributed by atoms with Crippen molar-refractivity contribution in [3.05, 3.63) is 18.3 Å². The van der Waals surface area contributed by atoms with E-state index in [9.17, 15) is 21.6 Å². The van der Waals surface area contributed by atoms with Gasteiger partial charge in [-0.15, -0.1) is 0 Å². The molecule has 1 aliphatic rings. The molecule has 10 heteroatoms. The van der Waals surface area contributed by atoms with Gasteiger partial charge in [-0.25, -0.2) is 13.4 Å². The number of sulfonamides is 1. The van der Waals surface area contributed by atoms with Gasteiger partial charge in [-0.05, 0) is 24.4 Å². The molecule has 0 aliphatic carbocycles. The molecule has 0 radical (unpaired) electrons.